The van der Waals surface area contributed by atoms with Crippen LogP contribution in [0.25, 0.3) is 0 Å². The van der Waals surface area contributed by atoms with E-state index in [-0.39, 0.29) is 5.91 Å². The van der Waals surface area contributed by atoms with Crippen molar-refractivity contribution in [2.75, 3.05) is 43.1 Å². The van der Waals surface area contributed by atoms with E-state index >= 15 is 0 Å². The van der Waals surface area contributed by atoms with Crippen LogP contribution in [0.2, 0.25) is 0 Å². The third-order valence-electron chi connectivity index (χ3n) is 5.66. The Morgan fingerprint density at radius 1 is 0.931 bits per heavy atom. The van der Waals surface area contributed by atoms with Crippen LogP contribution in [0.1, 0.15) is 41.6 Å². The SMILES string of the molecule is COc1cc(N2CCCC2)ccc1/C=N\NC(=O)c1ccc(N2CCCC2)cc1. The van der Waals surface area contributed by atoms with Gasteiger partial charge in [0.2, 0.25) is 0 Å². The molecule has 0 spiro atoms. The second-order valence-corrected chi connectivity index (χ2v) is 7.56. The molecule has 2 aliphatic heterocycles. The zero-order chi connectivity index (χ0) is 20.1. The number of anilines is 2. The van der Waals surface area contributed by atoms with E-state index in [0.29, 0.717) is 5.56 Å². The lowest BCUT2D eigenvalue weighted by atomic mass is 10.2. The number of hydrazone groups is 1. The number of carbonyl (C=O) groups excluding carboxylic acids is 1. The number of nitrogens with zero attached hydrogens (tertiary/aromatic N) is 3. The molecule has 2 fully saturated rings. The normalized spacial score (nSPS) is 16.6. The van der Waals surface area contributed by atoms with Crippen LogP contribution in [0.3, 0.4) is 0 Å². The first kappa shape index (κ1) is 19.3. The fourth-order valence-corrected chi connectivity index (χ4v) is 4.00. The second-order valence-electron chi connectivity index (χ2n) is 7.56. The molecular weight excluding hydrogens is 364 g/mol. The average Bonchev–Trinajstić information content (AvgIpc) is 3.48. The van der Waals surface area contributed by atoms with E-state index in [1.807, 2.05) is 36.4 Å². The highest BCUT2D eigenvalue weighted by Gasteiger charge is 2.15. The van der Waals surface area contributed by atoms with E-state index in [9.17, 15) is 4.79 Å². The van der Waals surface area contributed by atoms with Gasteiger partial charge >= 0.3 is 0 Å². The third kappa shape index (κ3) is 4.53. The molecule has 29 heavy (non-hydrogen) atoms. The van der Waals surface area contributed by atoms with Crippen molar-refractivity contribution in [2.24, 2.45) is 5.10 Å². The zero-order valence-corrected chi connectivity index (χ0v) is 16.9. The summed E-state index contributed by atoms with van der Waals surface area (Å²) in [5.41, 5.74) is 6.38. The van der Waals surface area contributed by atoms with Crippen molar-refractivity contribution >= 4 is 23.5 Å². The summed E-state index contributed by atoms with van der Waals surface area (Å²) in [5, 5.41) is 4.13. The Bertz CT molecular complexity index is 867. The molecule has 6 heteroatoms. The summed E-state index contributed by atoms with van der Waals surface area (Å²) in [7, 11) is 1.65. The zero-order valence-electron chi connectivity index (χ0n) is 16.9. The van der Waals surface area contributed by atoms with Gasteiger partial charge in [0.15, 0.2) is 0 Å². The largest absolute Gasteiger partial charge is 0.496 e. The lowest BCUT2D eigenvalue weighted by Crippen LogP contribution is -2.19. The van der Waals surface area contributed by atoms with Crippen LogP contribution in [-0.2, 0) is 0 Å². The summed E-state index contributed by atoms with van der Waals surface area (Å²) < 4.78 is 5.51. The summed E-state index contributed by atoms with van der Waals surface area (Å²) >= 11 is 0. The predicted octanol–water partition coefficient (Wildman–Crippen LogP) is 3.66. The molecule has 0 aromatic heterocycles. The molecule has 2 aliphatic rings. The van der Waals surface area contributed by atoms with Crippen molar-refractivity contribution < 1.29 is 9.53 Å². The summed E-state index contributed by atoms with van der Waals surface area (Å²) in [6.07, 6.45) is 6.56. The number of amides is 1. The third-order valence-corrected chi connectivity index (χ3v) is 5.66. The van der Waals surface area contributed by atoms with Crippen molar-refractivity contribution in [3.63, 3.8) is 0 Å². The maximum atomic E-state index is 12.4. The quantitative estimate of drug-likeness (QED) is 0.602. The number of nitrogens with one attached hydrogen (secondary N) is 1. The molecule has 0 saturated carbocycles. The summed E-state index contributed by atoms with van der Waals surface area (Å²) in [6.45, 7) is 4.36. The topological polar surface area (TPSA) is 57.2 Å². The highest BCUT2D eigenvalue weighted by molar-refractivity contribution is 5.95. The lowest BCUT2D eigenvalue weighted by Gasteiger charge is -2.18. The molecule has 2 aromatic carbocycles. The molecule has 152 valence electrons. The number of ether oxygens (including phenoxy) is 1. The van der Waals surface area contributed by atoms with Crippen LogP contribution in [-0.4, -0.2) is 45.4 Å². The summed E-state index contributed by atoms with van der Waals surface area (Å²) in [5.74, 6) is 0.532. The number of hydrogen-bond acceptors (Lipinski definition) is 5. The summed E-state index contributed by atoms with van der Waals surface area (Å²) in [4.78, 5) is 17.1. The molecular formula is C23H28N4O2. The molecule has 0 unspecified atom stereocenters. The fourth-order valence-electron chi connectivity index (χ4n) is 4.00. The minimum Gasteiger partial charge on any atom is -0.496 e. The predicted molar refractivity (Wildman–Crippen MR) is 117 cm³/mol. The van der Waals surface area contributed by atoms with Gasteiger partial charge in [-0.15, -0.1) is 0 Å². The molecule has 4 rings (SSSR count). The Hall–Kier alpha value is -3.02. The molecule has 1 N–H and O–H groups in total. The number of rotatable bonds is 6. The van der Waals surface area contributed by atoms with Crippen molar-refractivity contribution in [3.05, 3.63) is 53.6 Å². The Morgan fingerprint density at radius 2 is 1.52 bits per heavy atom. The Balaban J connectivity index is 1.38. The van der Waals surface area contributed by atoms with Crippen LogP contribution in [0.15, 0.2) is 47.6 Å². The van der Waals surface area contributed by atoms with Gasteiger partial charge < -0.3 is 14.5 Å². The Morgan fingerprint density at radius 3 is 2.14 bits per heavy atom. The molecule has 1 amide bonds. The van der Waals surface area contributed by atoms with E-state index in [0.717, 1.165) is 37.5 Å². The number of methoxy groups -OCH3 is 1. The second kappa shape index (κ2) is 8.99. The van der Waals surface area contributed by atoms with Gasteiger partial charge in [-0.2, -0.15) is 5.10 Å². The van der Waals surface area contributed by atoms with Crippen LogP contribution in [0.5, 0.6) is 5.75 Å². The van der Waals surface area contributed by atoms with E-state index < -0.39 is 0 Å². The molecule has 0 radical (unpaired) electrons. The highest BCUT2D eigenvalue weighted by atomic mass is 16.5. The van der Waals surface area contributed by atoms with Crippen molar-refractivity contribution in [1.29, 1.82) is 0 Å². The standard InChI is InChI=1S/C23H28N4O2/c1-29-22-16-21(27-14-4-5-15-27)11-8-19(22)17-24-25-23(28)18-6-9-20(10-7-18)26-12-2-3-13-26/h6-11,16-17H,2-5,12-15H2,1H3,(H,25,28)/b24-17-. The van der Waals surface area contributed by atoms with Gasteiger partial charge in [-0.05, 0) is 62.1 Å². The molecule has 6 nitrogen and oxygen atoms in total. The lowest BCUT2D eigenvalue weighted by molar-refractivity contribution is 0.0955. The van der Waals surface area contributed by atoms with Crippen LogP contribution < -0.4 is 20.0 Å². The highest BCUT2D eigenvalue weighted by Crippen LogP contribution is 2.27. The van der Waals surface area contributed by atoms with Crippen molar-refractivity contribution in [2.45, 2.75) is 25.7 Å². The Kier molecular flexibility index (Phi) is 5.98. The van der Waals surface area contributed by atoms with Crippen molar-refractivity contribution in [3.8, 4) is 5.75 Å². The smallest absolute Gasteiger partial charge is 0.271 e. The average molecular weight is 393 g/mol. The molecule has 2 heterocycles. The van der Waals surface area contributed by atoms with Gasteiger partial charge in [0.05, 0.1) is 13.3 Å². The fraction of sp³-hybridized carbons (Fsp3) is 0.391. The molecule has 0 aliphatic carbocycles. The van der Waals surface area contributed by atoms with Gasteiger partial charge in [-0.3, -0.25) is 4.79 Å². The van der Waals surface area contributed by atoms with E-state index in [1.165, 1.54) is 37.1 Å². The van der Waals surface area contributed by atoms with Crippen LogP contribution in [0.4, 0.5) is 11.4 Å². The van der Waals surface area contributed by atoms with Gasteiger partial charge in [0.1, 0.15) is 5.75 Å². The maximum Gasteiger partial charge on any atom is 0.271 e. The van der Waals surface area contributed by atoms with Gasteiger partial charge in [0, 0.05) is 54.7 Å². The van der Waals surface area contributed by atoms with E-state index in [2.05, 4.69) is 26.4 Å². The monoisotopic (exact) mass is 392 g/mol. The van der Waals surface area contributed by atoms with Gasteiger partial charge in [-0.25, -0.2) is 5.43 Å². The first-order chi connectivity index (χ1) is 14.2. The number of benzene rings is 2. The Labute approximate surface area is 172 Å². The van der Waals surface area contributed by atoms with Crippen LogP contribution >= 0.6 is 0 Å². The summed E-state index contributed by atoms with van der Waals surface area (Å²) in [6, 6.07) is 13.8. The number of carbonyl (C=O) groups is 1. The maximum absolute atomic E-state index is 12.4. The molecule has 2 aromatic rings. The van der Waals surface area contributed by atoms with E-state index in [4.69, 9.17) is 4.74 Å². The molecule has 0 atom stereocenters. The van der Waals surface area contributed by atoms with Gasteiger partial charge in [-0.1, -0.05) is 0 Å². The van der Waals surface area contributed by atoms with Crippen molar-refractivity contribution in [1.82, 2.24) is 5.43 Å². The molecule has 0 bridgehead atoms. The number of hydrogen-bond donors (Lipinski definition) is 1. The van der Waals surface area contributed by atoms with E-state index in [1.54, 1.807) is 13.3 Å². The molecule has 2 saturated heterocycles. The first-order valence-electron chi connectivity index (χ1n) is 10.4. The van der Waals surface area contributed by atoms with Crippen LogP contribution in [0, 0.1) is 0 Å². The minimum absolute atomic E-state index is 0.220. The minimum atomic E-state index is -0.220. The first-order valence-corrected chi connectivity index (χ1v) is 10.4. The van der Waals surface area contributed by atoms with Gasteiger partial charge in [0.25, 0.3) is 5.91 Å².